The Bertz CT molecular complexity index is 139. The summed E-state index contributed by atoms with van der Waals surface area (Å²) in [6.07, 6.45) is -2.91. The topological polar surface area (TPSA) is 35.5 Å². The van der Waals surface area contributed by atoms with Crippen molar-refractivity contribution < 1.29 is 23.0 Å². The summed E-state index contributed by atoms with van der Waals surface area (Å²) in [4.78, 5) is 10.5. The third-order valence-electron chi connectivity index (χ3n) is 1.22. The maximum atomic E-state index is 11.6. The van der Waals surface area contributed by atoms with Crippen LogP contribution in [0.4, 0.5) is 8.78 Å². The van der Waals surface area contributed by atoms with E-state index in [1.165, 1.54) is 0 Å². The fraction of sp³-hybridized carbons (Fsp3) is 0.875. The zero-order chi connectivity index (χ0) is 10.1. The Hall–Kier alpha value is -0.710. The molecule has 78 valence electrons. The number of halogens is 2. The second-order valence-corrected chi connectivity index (χ2v) is 2.37. The van der Waals surface area contributed by atoms with Gasteiger partial charge in [-0.1, -0.05) is 0 Å². The van der Waals surface area contributed by atoms with Gasteiger partial charge in [-0.15, -0.1) is 0 Å². The molecule has 0 saturated carbocycles. The highest BCUT2D eigenvalue weighted by molar-refractivity contribution is 5.69. The van der Waals surface area contributed by atoms with Gasteiger partial charge in [0.05, 0.1) is 6.61 Å². The van der Waals surface area contributed by atoms with Crippen LogP contribution in [0.15, 0.2) is 0 Å². The summed E-state index contributed by atoms with van der Waals surface area (Å²) in [5, 5.41) is 0. The molecule has 0 aliphatic carbocycles. The number of rotatable bonds is 7. The number of alkyl halides is 2. The Morgan fingerprint density at radius 2 is 2.08 bits per heavy atom. The number of esters is 1. The number of carbonyl (C=O) groups is 1. The van der Waals surface area contributed by atoms with Crippen molar-refractivity contribution in [3.63, 3.8) is 0 Å². The average Bonchev–Trinajstić information content (AvgIpc) is 2.02. The molecular formula is C8H14F2O3. The summed E-state index contributed by atoms with van der Waals surface area (Å²) >= 11 is 0. The minimum absolute atomic E-state index is 0.144. The Morgan fingerprint density at radius 3 is 2.62 bits per heavy atom. The number of carbonyl (C=O) groups excluding carboxylic acids is 1. The monoisotopic (exact) mass is 196 g/mol. The van der Waals surface area contributed by atoms with E-state index in [0.29, 0.717) is 19.6 Å². The molecule has 0 heterocycles. The molecule has 0 radical (unpaired) electrons. The molecule has 0 aromatic carbocycles. The fourth-order valence-corrected chi connectivity index (χ4v) is 0.676. The van der Waals surface area contributed by atoms with Gasteiger partial charge in [0.1, 0.15) is 6.42 Å². The maximum Gasteiger partial charge on any atom is 0.311 e. The first kappa shape index (κ1) is 12.3. The van der Waals surface area contributed by atoms with Gasteiger partial charge in [-0.25, -0.2) is 8.78 Å². The minimum atomic E-state index is -2.63. The van der Waals surface area contributed by atoms with E-state index in [-0.39, 0.29) is 6.61 Å². The van der Waals surface area contributed by atoms with Crippen LogP contribution in [0.25, 0.3) is 0 Å². The van der Waals surface area contributed by atoms with E-state index < -0.39 is 18.8 Å². The molecule has 0 amide bonds. The lowest BCUT2D eigenvalue weighted by Gasteiger charge is -2.03. The largest absolute Gasteiger partial charge is 0.465 e. The number of hydrogen-bond acceptors (Lipinski definition) is 3. The van der Waals surface area contributed by atoms with Crippen molar-refractivity contribution in [2.75, 3.05) is 19.8 Å². The van der Waals surface area contributed by atoms with E-state index in [1.54, 1.807) is 0 Å². The van der Waals surface area contributed by atoms with E-state index in [9.17, 15) is 13.6 Å². The van der Waals surface area contributed by atoms with E-state index in [4.69, 9.17) is 4.74 Å². The van der Waals surface area contributed by atoms with Crippen LogP contribution in [-0.4, -0.2) is 32.2 Å². The summed E-state index contributed by atoms with van der Waals surface area (Å²) in [7, 11) is 0. The number of hydrogen-bond donors (Lipinski definition) is 0. The van der Waals surface area contributed by atoms with E-state index >= 15 is 0 Å². The quantitative estimate of drug-likeness (QED) is 0.458. The predicted molar refractivity (Wildman–Crippen MR) is 42.7 cm³/mol. The van der Waals surface area contributed by atoms with Gasteiger partial charge in [0.2, 0.25) is 6.43 Å². The van der Waals surface area contributed by atoms with Gasteiger partial charge >= 0.3 is 5.97 Å². The number of ether oxygens (including phenoxy) is 2. The van der Waals surface area contributed by atoms with Crippen LogP contribution in [0.5, 0.6) is 0 Å². The molecule has 0 aromatic heterocycles. The van der Waals surface area contributed by atoms with Crippen molar-refractivity contribution in [1.82, 2.24) is 0 Å². The smallest absolute Gasteiger partial charge is 0.311 e. The average molecular weight is 196 g/mol. The Morgan fingerprint density at radius 1 is 1.38 bits per heavy atom. The first-order valence-electron chi connectivity index (χ1n) is 4.18. The van der Waals surface area contributed by atoms with Crippen LogP contribution in [0.3, 0.4) is 0 Å². The lowest BCUT2D eigenvalue weighted by atomic mass is 10.4. The molecule has 0 N–H and O–H groups in total. The third kappa shape index (κ3) is 9.20. The Balaban J connectivity index is 3.17. The molecule has 0 unspecified atom stereocenters. The molecule has 0 fully saturated rings. The predicted octanol–water partition coefficient (Wildman–Crippen LogP) is 1.61. The van der Waals surface area contributed by atoms with Gasteiger partial charge < -0.3 is 9.47 Å². The lowest BCUT2D eigenvalue weighted by molar-refractivity contribution is -0.146. The van der Waals surface area contributed by atoms with Crippen LogP contribution in [-0.2, 0) is 14.3 Å². The molecule has 0 aliphatic rings. The van der Waals surface area contributed by atoms with Crippen molar-refractivity contribution in [2.24, 2.45) is 0 Å². The van der Waals surface area contributed by atoms with Crippen molar-refractivity contribution in [3.8, 4) is 0 Å². The SMILES string of the molecule is CCOCCCOC(=O)CC(F)F. The Kier molecular flexibility index (Phi) is 7.48. The molecule has 0 atom stereocenters. The molecule has 0 aromatic rings. The standard InChI is InChI=1S/C8H14F2O3/c1-2-12-4-3-5-13-8(11)6-7(9)10/h7H,2-6H2,1H3. The van der Waals surface area contributed by atoms with Gasteiger partial charge in [-0.05, 0) is 6.92 Å². The molecule has 0 bridgehead atoms. The van der Waals surface area contributed by atoms with Gasteiger partial charge in [0, 0.05) is 19.6 Å². The van der Waals surface area contributed by atoms with Crippen molar-refractivity contribution in [1.29, 1.82) is 0 Å². The van der Waals surface area contributed by atoms with Gasteiger partial charge in [-0.2, -0.15) is 0 Å². The first-order valence-corrected chi connectivity index (χ1v) is 4.18. The molecule has 0 aliphatic heterocycles. The van der Waals surface area contributed by atoms with Crippen LogP contribution in [0, 0.1) is 0 Å². The van der Waals surface area contributed by atoms with Crippen LogP contribution in [0.1, 0.15) is 19.8 Å². The summed E-state index contributed by atoms with van der Waals surface area (Å²) in [5.74, 6) is -0.855. The minimum Gasteiger partial charge on any atom is -0.465 e. The normalized spacial score (nSPS) is 10.5. The van der Waals surface area contributed by atoms with Crippen LogP contribution in [0.2, 0.25) is 0 Å². The molecule has 13 heavy (non-hydrogen) atoms. The molecule has 5 heteroatoms. The lowest BCUT2D eigenvalue weighted by Crippen LogP contribution is -2.11. The summed E-state index contributed by atoms with van der Waals surface area (Å²) in [6, 6.07) is 0. The summed E-state index contributed by atoms with van der Waals surface area (Å²) < 4.78 is 32.6. The second kappa shape index (κ2) is 7.91. The molecule has 0 rings (SSSR count). The van der Waals surface area contributed by atoms with Crippen molar-refractivity contribution in [3.05, 3.63) is 0 Å². The molecule has 0 spiro atoms. The first-order chi connectivity index (χ1) is 6.16. The highest BCUT2D eigenvalue weighted by Gasteiger charge is 2.11. The highest BCUT2D eigenvalue weighted by atomic mass is 19.3. The molecule has 3 nitrogen and oxygen atoms in total. The second-order valence-electron chi connectivity index (χ2n) is 2.37. The van der Waals surface area contributed by atoms with Gasteiger partial charge in [-0.3, -0.25) is 4.79 Å². The van der Waals surface area contributed by atoms with Crippen LogP contribution >= 0.6 is 0 Å². The van der Waals surface area contributed by atoms with Gasteiger partial charge in [0.15, 0.2) is 0 Å². The van der Waals surface area contributed by atoms with E-state index in [0.717, 1.165) is 0 Å². The Labute approximate surface area is 76.0 Å². The van der Waals surface area contributed by atoms with Crippen LogP contribution < -0.4 is 0 Å². The van der Waals surface area contributed by atoms with Crippen molar-refractivity contribution >= 4 is 5.97 Å². The van der Waals surface area contributed by atoms with E-state index in [1.807, 2.05) is 6.92 Å². The van der Waals surface area contributed by atoms with Crippen molar-refractivity contribution in [2.45, 2.75) is 26.2 Å². The van der Waals surface area contributed by atoms with E-state index in [2.05, 4.69) is 4.74 Å². The summed E-state index contributed by atoms with van der Waals surface area (Å²) in [5.41, 5.74) is 0. The third-order valence-corrected chi connectivity index (χ3v) is 1.22. The summed E-state index contributed by atoms with van der Waals surface area (Å²) in [6.45, 7) is 3.08. The molecular weight excluding hydrogens is 182 g/mol. The molecule has 0 saturated heterocycles. The highest BCUT2D eigenvalue weighted by Crippen LogP contribution is 2.00. The zero-order valence-corrected chi connectivity index (χ0v) is 7.59. The zero-order valence-electron chi connectivity index (χ0n) is 7.59. The van der Waals surface area contributed by atoms with Gasteiger partial charge in [0.25, 0.3) is 0 Å². The fourth-order valence-electron chi connectivity index (χ4n) is 0.676. The maximum absolute atomic E-state index is 11.6.